The highest BCUT2D eigenvalue weighted by Crippen LogP contribution is 2.25. The van der Waals surface area contributed by atoms with Crippen molar-refractivity contribution in [1.82, 2.24) is 15.0 Å². The molecule has 0 bridgehead atoms. The van der Waals surface area contributed by atoms with Crippen molar-refractivity contribution >= 4 is 5.91 Å². The Kier molecular flexibility index (Phi) is 6.55. The van der Waals surface area contributed by atoms with Crippen LogP contribution in [0.15, 0.2) is 53.1 Å². The average molecular weight is 408 g/mol. The van der Waals surface area contributed by atoms with Gasteiger partial charge in [-0.1, -0.05) is 62.3 Å². The van der Waals surface area contributed by atoms with Crippen molar-refractivity contribution in [2.45, 2.75) is 45.6 Å². The van der Waals surface area contributed by atoms with Gasteiger partial charge < -0.3 is 14.2 Å². The normalized spacial score (nSPS) is 11.4. The molecular formula is C24H29N3O3. The number of amides is 1. The zero-order chi connectivity index (χ0) is 21.7. The standard InChI is InChI=1S/C24H29N3O3/c1-24(2,3)19-11-9-18(10-12-19)23-25-21(30-26-23)16-27(4)22(28)15-8-17-6-13-20(29-5)14-7-17/h6-7,9-14H,8,15-16H2,1-5H3. The summed E-state index contributed by atoms with van der Waals surface area (Å²) in [6.07, 6.45) is 1.08. The highest BCUT2D eigenvalue weighted by atomic mass is 16.5. The van der Waals surface area contributed by atoms with E-state index in [2.05, 4.69) is 43.0 Å². The molecule has 1 amide bonds. The minimum atomic E-state index is 0.0279. The molecule has 158 valence electrons. The summed E-state index contributed by atoms with van der Waals surface area (Å²) in [5.74, 6) is 1.79. The number of aryl methyl sites for hydroxylation is 1. The van der Waals surface area contributed by atoms with Gasteiger partial charge in [-0.25, -0.2) is 0 Å². The van der Waals surface area contributed by atoms with E-state index in [4.69, 9.17) is 9.26 Å². The zero-order valence-corrected chi connectivity index (χ0v) is 18.3. The number of carbonyl (C=O) groups excluding carboxylic acids is 1. The first-order valence-electron chi connectivity index (χ1n) is 10.1. The molecule has 0 aliphatic rings. The summed E-state index contributed by atoms with van der Waals surface area (Å²) in [4.78, 5) is 18.5. The number of ether oxygens (including phenoxy) is 1. The average Bonchev–Trinajstić information content (AvgIpc) is 3.20. The molecule has 1 heterocycles. The van der Waals surface area contributed by atoms with Crippen molar-refractivity contribution in [3.8, 4) is 17.1 Å². The summed E-state index contributed by atoms with van der Waals surface area (Å²) in [5, 5.41) is 4.06. The van der Waals surface area contributed by atoms with Crippen molar-refractivity contribution in [1.29, 1.82) is 0 Å². The number of carbonyl (C=O) groups is 1. The summed E-state index contributed by atoms with van der Waals surface area (Å²) in [6, 6.07) is 15.9. The molecule has 0 spiro atoms. The number of nitrogens with zero attached hydrogens (tertiary/aromatic N) is 3. The molecule has 6 heteroatoms. The molecule has 3 aromatic rings. The quantitative estimate of drug-likeness (QED) is 0.571. The van der Waals surface area contributed by atoms with Crippen LogP contribution in [0.3, 0.4) is 0 Å². The molecule has 2 aromatic carbocycles. The van der Waals surface area contributed by atoms with Crippen LogP contribution in [0, 0.1) is 0 Å². The molecule has 6 nitrogen and oxygen atoms in total. The summed E-state index contributed by atoms with van der Waals surface area (Å²) < 4.78 is 10.5. The molecule has 0 aliphatic heterocycles. The third-order valence-electron chi connectivity index (χ3n) is 5.06. The lowest BCUT2D eigenvalue weighted by Crippen LogP contribution is -2.26. The van der Waals surface area contributed by atoms with Crippen LogP contribution in [-0.4, -0.2) is 35.1 Å². The van der Waals surface area contributed by atoms with E-state index >= 15 is 0 Å². The van der Waals surface area contributed by atoms with Crippen LogP contribution >= 0.6 is 0 Å². The lowest BCUT2D eigenvalue weighted by molar-refractivity contribution is -0.130. The first-order chi connectivity index (χ1) is 14.3. The monoisotopic (exact) mass is 407 g/mol. The molecule has 0 saturated carbocycles. The molecule has 0 unspecified atom stereocenters. The smallest absolute Gasteiger partial charge is 0.246 e. The lowest BCUT2D eigenvalue weighted by atomic mass is 9.87. The summed E-state index contributed by atoms with van der Waals surface area (Å²) in [6.45, 7) is 6.82. The molecule has 30 heavy (non-hydrogen) atoms. The first kappa shape index (κ1) is 21.6. The van der Waals surface area contributed by atoms with Crippen LogP contribution in [0.1, 0.15) is 44.2 Å². The second kappa shape index (κ2) is 9.11. The van der Waals surface area contributed by atoms with Crippen LogP contribution in [-0.2, 0) is 23.2 Å². The molecule has 3 rings (SSSR count). The Hall–Kier alpha value is -3.15. The van der Waals surface area contributed by atoms with Gasteiger partial charge in [-0.15, -0.1) is 0 Å². The van der Waals surface area contributed by atoms with Gasteiger partial charge in [-0.3, -0.25) is 4.79 Å². The number of hydrogen-bond donors (Lipinski definition) is 0. The van der Waals surface area contributed by atoms with Crippen LogP contribution in [0.25, 0.3) is 11.4 Å². The van der Waals surface area contributed by atoms with E-state index in [1.54, 1.807) is 19.1 Å². The predicted octanol–water partition coefficient (Wildman–Crippen LogP) is 4.63. The van der Waals surface area contributed by atoms with Gasteiger partial charge in [0.2, 0.25) is 17.6 Å². The summed E-state index contributed by atoms with van der Waals surface area (Å²) in [7, 11) is 3.38. The predicted molar refractivity (Wildman–Crippen MR) is 116 cm³/mol. The Morgan fingerprint density at radius 2 is 1.73 bits per heavy atom. The number of aromatic nitrogens is 2. The highest BCUT2D eigenvalue weighted by Gasteiger charge is 2.16. The second-order valence-corrected chi connectivity index (χ2v) is 8.44. The van der Waals surface area contributed by atoms with E-state index in [0.717, 1.165) is 16.9 Å². The fourth-order valence-corrected chi connectivity index (χ4v) is 3.08. The van der Waals surface area contributed by atoms with Gasteiger partial charge in [0.1, 0.15) is 5.75 Å². The lowest BCUT2D eigenvalue weighted by Gasteiger charge is -2.18. The molecule has 0 saturated heterocycles. The number of hydrogen-bond acceptors (Lipinski definition) is 5. The van der Waals surface area contributed by atoms with Gasteiger partial charge in [0.25, 0.3) is 0 Å². The molecule has 0 atom stereocenters. The third-order valence-corrected chi connectivity index (χ3v) is 5.06. The maximum atomic E-state index is 12.5. The van der Waals surface area contributed by atoms with Crippen LogP contribution < -0.4 is 4.74 Å². The highest BCUT2D eigenvalue weighted by molar-refractivity contribution is 5.76. The van der Waals surface area contributed by atoms with Crippen LogP contribution in [0.2, 0.25) is 0 Å². The summed E-state index contributed by atoms with van der Waals surface area (Å²) >= 11 is 0. The van der Waals surface area contributed by atoms with Crippen LogP contribution in [0.5, 0.6) is 5.75 Å². The number of benzene rings is 2. The van der Waals surface area contributed by atoms with E-state index < -0.39 is 0 Å². The van der Waals surface area contributed by atoms with Gasteiger partial charge in [-0.05, 0) is 35.1 Å². The van der Waals surface area contributed by atoms with E-state index in [9.17, 15) is 4.79 Å². The minimum absolute atomic E-state index is 0.0279. The van der Waals surface area contributed by atoms with Crippen molar-refractivity contribution in [2.75, 3.05) is 14.2 Å². The summed E-state index contributed by atoms with van der Waals surface area (Å²) in [5.41, 5.74) is 3.33. The third kappa shape index (κ3) is 5.47. The SMILES string of the molecule is COc1ccc(CCC(=O)N(C)Cc2nc(-c3ccc(C(C)(C)C)cc3)no2)cc1. The van der Waals surface area contributed by atoms with Crippen molar-refractivity contribution in [2.24, 2.45) is 0 Å². The van der Waals surface area contributed by atoms with Crippen molar-refractivity contribution in [3.63, 3.8) is 0 Å². The maximum absolute atomic E-state index is 12.5. The van der Waals surface area contributed by atoms with Gasteiger partial charge >= 0.3 is 0 Å². The van der Waals surface area contributed by atoms with Crippen molar-refractivity contribution < 1.29 is 14.1 Å². The Bertz CT molecular complexity index is 970. The van der Waals surface area contributed by atoms with E-state index in [-0.39, 0.29) is 17.9 Å². The van der Waals surface area contributed by atoms with Crippen LogP contribution in [0.4, 0.5) is 0 Å². The van der Waals surface area contributed by atoms with Gasteiger partial charge in [0, 0.05) is 19.0 Å². The molecule has 0 aliphatic carbocycles. The topological polar surface area (TPSA) is 68.5 Å². The molecular weight excluding hydrogens is 378 g/mol. The fraction of sp³-hybridized carbons (Fsp3) is 0.375. The van der Waals surface area contributed by atoms with Gasteiger partial charge in [-0.2, -0.15) is 4.98 Å². The molecule has 0 radical (unpaired) electrons. The Labute approximate surface area is 177 Å². The number of methoxy groups -OCH3 is 1. The first-order valence-corrected chi connectivity index (χ1v) is 10.1. The number of rotatable bonds is 7. The molecule has 0 N–H and O–H groups in total. The molecule has 0 fully saturated rings. The van der Waals surface area contributed by atoms with E-state index in [1.807, 2.05) is 36.4 Å². The minimum Gasteiger partial charge on any atom is -0.497 e. The Morgan fingerprint density at radius 3 is 2.33 bits per heavy atom. The van der Waals surface area contributed by atoms with Gasteiger partial charge in [0.15, 0.2) is 0 Å². The Balaban J connectivity index is 1.55. The largest absolute Gasteiger partial charge is 0.497 e. The maximum Gasteiger partial charge on any atom is 0.246 e. The molecule has 1 aromatic heterocycles. The Morgan fingerprint density at radius 1 is 1.07 bits per heavy atom. The van der Waals surface area contributed by atoms with Gasteiger partial charge in [0.05, 0.1) is 13.7 Å². The van der Waals surface area contributed by atoms with Crippen molar-refractivity contribution in [3.05, 3.63) is 65.5 Å². The van der Waals surface area contributed by atoms with E-state index in [1.165, 1.54) is 5.56 Å². The zero-order valence-electron chi connectivity index (χ0n) is 18.3. The second-order valence-electron chi connectivity index (χ2n) is 8.44. The van der Waals surface area contributed by atoms with E-state index in [0.29, 0.717) is 24.6 Å². The fourth-order valence-electron chi connectivity index (χ4n) is 3.08.